The van der Waals surface area contributed by atoms with E-state index >= 15 is 0 Å². The van der Waals surface area contributed by atoms with Crippen molar-refractivity contribution in [1.82, 2.24) is 15.2 Å². The van der Waals surface area contributed by atoms with Gasteiger partial charge >= 0.3 is 0 Å². The molecule has 0 bridgehead atoms. The van der Waals surface area contributed by atoms with Crippen LogP contribution in [0, 0.1) is 6.92 Å². The number of hydrogen-bond acceptors (Lipinski definition) is 5. The van der Waals surface area contributed by atoms with Crippen molar-refractivity contribution in [1.29, 1.82) is 0 Å². The second-order valence-corrected chi connectivity index (χ2v) is 7.61. The largest absolute Gasteiger partial charge is 0.320 e. The van der Waals surface area contributed by atoms with E-state index in [-0.39, 0.29) is 0 Å². The molecule has 1 rings (SSSR count). The van der Waals surface area contributed by atoms with Crippen LogP contribution in [0.15, 0.2) is 30.4 Å². The molecule has 1 aromatic rings. The summed E-state index contributed by atoms with van der Waals surface area (Å²) in [4.78, 5) is 18.1. The van der Waals surface area contributed by atoms with Gasteiger partial charge in [-0.05, 0) is 60.9 Å². The third kappa shape index (κ3) is 18.5. The van der Waals surface area contributed by atoms with Crippen LogP contribution in [-0.4, -0.2) is 50.4 Å². The topological polar surface area (TPSA) is 45.2 Å². The summed E-state index contributed by atoms with van der Waals surface area (Å²) >= 11 is 1.43. The van der Waals surface area contributed by atoms with Gasteiger partial charge in [-0.25, -0.2) is 4.98 Å². The summed E-state index contributed by atoms with van der Waals surface area (Å²) in [7, 11) is 6.10. The minimum atomic E-state index is 0.699. The first-order chi connectivity index (χ1) is 14.3. The molecule has 174 valence electrons. The fourth-order valence-electron chi connectivity index (χ4n) is 1.99. The highest BCUT2D eigenvalue weighted by Crippen LogP contribution is 2.24. The van der Waals surface area contributed by atoms with Crippen LogP contribution in [-0.2, 0) is 0 Å². The van der Waals surface area contributed by atoms with Gasteiger partial charge in [0.15, 0.2) is 6.29 Å². The molecule has 0 radical (unpaired) electrons. The number of nitrogens with one attached hydrogen (secondary N) is 1. The van der Waals surface area contributed by atoms with Gasteiger partial charge in [-0.2, -0.15) is 0 Å². The molecule has 1 aromatic heterocycles. The number of aromatic nitrogens is 1. The van der Waals surface area contributed by atoms with Crippen LogP contribution >= 0.6 is 11.3 Å². The van der Waals surface area contributed by atoms with E-state index in [2.05, 4.69) is 56.6 Å². The maximum Gasteiger partial charge on any atom is 0.161 e. The highest BCUT2D eigenvalue weighted by atomic mass is 32.1. The van der Waals surface area contributed by atoms with Gasteiger partial charge in [0.05, 0.1) is 10.6 Å². The van der Waals surface area contributed by atoms with Crippen LogP contribution in [0.2, 0.25) is 0 Å². The fraction of sp³-hybridized carbons (Fsp3) is 0.600. The molecule has 0 aliphatic carbocycles. The Morgan fingerprint density at radius 1 is 1.17 bits per heavy atom. The number of nitrogens with zero attached hydrogens (tertiary/aromatic N) is 2. The molecule has 0 aromatic carbocycles. The molecule has 5 heteroatoms. The molecule has 4 nitrogen and oxygen atoms in total. The van der Waals surface area contributed by atoms with Crippen molar-refractivity contribution in [3.8, 4) is 0 Å². The first-order valence-electron chi connectivity index (χ1n) is 11.0. The second kappa shape index (κ2) is 23.7. The van der Waals surface area contributed by atoms with Crippen molar-refractivity contribution in [2.24, 2.45) is 0 Å². The van der Waals surface area contributed by atoms with Crippen molar-refractivity contribution in [2.75, 3.05) is 34.2 Å². The Balaban J connectivity index is -0.000000502. The van der Waals surface area contributed by atoms with Crippen LogP contribution < -0.4 is 5.32 Å². The lowest BCUT2D eigenvalue weighted by Gasteiger charge is -2.03. The summed E-state index contributed by atoms with van der Waals surface area (Å²) in [6, 6.07) is 0. The van der Waals surface area contributed by atoms with Gasteiger partial charge in [0.1, 0.15) is 5.01 Å². The van der Waals surface area contributed by atoms with E-state index in [9.17, 15) is 4.79 Å². The number of aryl methyl sites for hydroxylation is 1. The Morgan fingerprint density at radius 2 is 1.73 bits per heavy atom. The Kier molecular flexibility index (Phi) is 26.2. The minimum absolute atomic E-state index is 0.699. The number of carbonyl (C=O) groups is 1. The minimum Gasteiger partial charge on any atom is -0.320 e. The fourth-order valence-corrected chi connectivity index (χ4v) is 2.93. The molecule has 0 saturated carbocycles. The number of carbonyl (C=O) groups excluding carboxylic acids is 1. The highest BCUT2D eigenvalue weighted by Gasteiger charge is 2.08. The van der Waals surface area contributed by atoms with Gasteiger partial charge in [0.2, 0.25) is 0 Å². The van der Waals surface area contributed by atoms with Gasteiger partial charge in [-0.15, -0.1) is 11.3 Å². The zero-order valence-electron chi connectivity index (χ0n) is 21.3. The lowest BCUT2D eigenvalue weighted by Crippen LogP contribution is -2.11. The predicted octanol–water partition coefficient (Wildman–Crippen LogP) is 6.79. The molecular formula is C25H47N3OS. The molecule has 0 aliphatic rings. The van der Waals surface area contributed by atoms with Gasteiger partial charge in [0.25, 0.3) is 0 Å². The molecule has 0 aliphatic heterocycles. The molecule has 0 fully saturated rings. The molecule has 0 amide bonds. The summed E-state index contributed by atoms with van der Waals surface area (Å²) in [6.45, 7) is 20.5. The third-order valence-electron chi connectivity index (χ3n) is 3.59. The van der Waals surface area contributed by atoms with E-state index in [0.29, 0.717) is 4.88 Å². The van der Waals surface area contributed by atoms with E-state index in [1.54, 1.807) is 0 Å². The molecule has 0 unspecified atom stereocenters. The average Bonchev–Trinajstić information content (AvgIpc) is 3.11. The number of aldehydes is 1. The van der Waals surface area contributed by atoms with Crippen molar-refractivity contribution in [3.05, 3.63) is 46.0 Å². The monoisotopic (exact) mass is 437 g/mol. The van der Waals surface area contributed by atoms with Crippen LogP contribution in [0.25, 0.3) is 5.57 Å². The summed E-state index contributed by atoms with van der Waals surface area (Å²) in [5.74, 6) is 0. The zero-order valence-corrected chi connectivity index (χ0v) is 22.1. The van der Waals surface area contributed by atoms with Crippen molar-refractivity contribution in [3.63, 3.8) is 0 Å². The Hall–Kier alpha value is -1.56. The summed E-state index contributed by atoms with van der Waals surface area (Å²) in [5.41, 5.74) is 2.94. The Labute approximate surface area is 191 Å². The van der Waals surface area contributed by atoms with Crippen LogP contribution in [0.3, 0.4) is 0 Å². The lowest BCUT2D eigenvalue weighted by molar-refractivity contribution is 0.112. The van der Waals surface area contributed by atoms with Crippen molar-refractivity contribution < 1.29 is 4.79 Å². The quantitative estimate of drug-likeness (QED) is 0.341. The van der Waals surface area contributed by atoms with Gasteiger partial charge in [0, 0.05) is 5.57 Å². The van der Waals surface area contributed by atoms with Crippen molar-refractivity contribution >= 4 is 23.2 Å². The maximum atomic E-state index is 10.8. The summed E-state index contributed by atoms with van der Waals surface area (Å²) < 4.78 is 0. The second-order valence-electron chi connectivity index (χ2n) is 6.58. The molecular weight excluding hydrogens is 390 g/mol. The molecule has 1 heterocycles. The standard InChI is InChI=1S/C15H19NOS.C5H13N.C3H9N.C2H6/c1-5-7-11(3)8-9-13(6-2)15-16-12(4)14(10-17)18-15;1-4-5-6(2)3;1-3-4-2;1-2/h6,8-10H,3,5,7H2,1-2,4H3;4-5H2,1-3H3;4H,3H2,1-2H3;1-2H3/b9-8-,13-6+;;;. The van der Waals surface area contributed by atoms with Crippen molar-refractivity contribution in [2.45, 2.75) is 67.7 Å². The molecule has 30 heavy (non-hydrogen) atoms. The maximum absolute atomic E-state index is 10.8. The number of rotatable bonds is 9. The predicted molar refractivity (Wildman–Crippen MR) is 139 cm³/mol. The van der Waals surface area contributed by atoms with E-state index in [1.165, 1.54) is 24.3 Å². The van der Waals surface area contributed by atoms with E-state index in [0.717, 1.165) is 47.5 Å². The molecule has 0 atom stereocenters. The molecule has 0 spiro atoms. The summed E-state index contributed by atoms with van der Waals surface area (Å²) in [6.07, 6.45) is 10.3. The van der Waals surface area contributed by atoms with Gasteiger partial charge in [-0.1, -0.05) is 71.4 Å². The number of allylic oxidation sites excluding steroid dienone is 5. The van der Waals surface area contributed by atoms with E-state index in [1.807, 2.05) is 53.0 Å². The lowest BCUT2D eigenvalue weighted by atomic mass is 10.1. The Bertz CT molecular complexity index is 600. The van der Waals surface area contributed by atoms with E-state index < -0.39 is 0 Å². The average molecular weight is 438 g/mol. The molecule has 0 saturated heterocycles. The normalized spacial score (nSPS) is 10.4. The first kappa shape index (κ1) is 33.1. The van der Waals surface area contributed by atoms with Crippen LogP contribution in [0.5, 0.6) is 0 Å². The van der Waals surface area contributed by atoms with E-state index in [4.69, 9.17) is 0 Å². The number of thiazole rings is 1. The third-order valence-corrected chi connectivity index (χ3v) is 4.72. The smallest absolute Gasteiger partial charge is 0.161 e. The van der Waals surface area contributed by atoms with Gasteiger partial charge in [-0.3, -0.25) is 4.79 Å². The van der Waals surface area contributed by atoms with Crippen LogP contribution in [0.1, 0.15) is 81.2 Å². The first-order valence-corrected chi connectivity index (χ1v) is 11.9. The molecule has 1 N–H and O–H groups in total. The zero-order chi connectivity index (χ0) is 23.9. The summed E-state index contributed by atoms with van der Waals surface area (Å²) in [5, 5.41) is 3.82. The van der Waals surface area contributed by atoms with Crippen LogP contribution in [0.4, 0.5) is 0 Å². The number of hydrogen-bond donors (Lipinski definition) is 1. The highest BCUT2D eigenvalue weighted by molar-refractivity contribution is 7.14. The Morgan fingerprint density at radius 3 is 2.03 bits per heavy atom. The SMILES string of the molecule is C=C(/C=C\C(=C/C)c1nc(C)c(C=O)s1)CCC.CC.CCCN(C)C.CCNC. The van der Waals surface area contributed by atoms with Gasteiger partial charge < -0.3 is 10.2 Å².